The molecule has 0 aliphatic rings. The van der Waals surface area contributed by atoms with E-state index in [1.807, 2.05) is 48.5 Å². The Bertz CT molecular complexity index is 734. The van der Waals surface area contributed by atoms with E-state index in [0.717, 1.165) is 15.0 Å². The zero-order valence-corrected chi connectivity index (χ0v) is 13.7. The number of hydrogen-bond acceptors (Lipinski definition) is 5. The van der Waals surface area contributed by atoms with Crippen LogP contribution in [0, 0.1) is 0 Å². The van der Waals surface area contributed by atoms with E-state index < -0.39 is 10.3 Å². The van der Waals surface area contributed by atoms with Crippen LogP contribution in [0.15, 0.2) is 71.0 Å². The average Bonchev–Trinajstić information content (AvgIpc) is 2.54. The van der Waals surface area contributed by atoms with Gasteiger partial charge in [0.15, 0.2) is 0 Å². The highest BCUT2D eigenvalue weighted by Crippen LogP contribution is 2.14. The van der Waals surface area contributed by atoms with Gasteiger partial charge in [-0.25, -0.2) is 0 Å². The Morgan fingerprint density at radius 3 is 2.09 bits per heavy atom. The predicted molar refractivity (Wildman–Crippen MR) is 86.6 cm³/mol. The Kier molecular flexibility index (Phi) is 5.80. The largest absolute Gasteiger partial charge is 0.360 e. The van der Waals surface area contributed by atoms with Crippen LogP contribution in [0.2, 0.25) is 0 Å². The van der Waals surface area contributed by atoms with Gasteiger partial charge in [-0.15, -0.1) is 14.6 Å². The van der Waals surface area contributed by atoms with Gasteiger partial charge in [0.25, 0.3) is 0 Å². The minimum Gasteiger partial charge on any atom is -0.183 e. The van der Waals surface area contributed by atoms with E-state index in [-0.39, 0.29) is 6.54 Å². The van der Waals surface area contributed by atoms with E-state index in [1.54, 1.807) is 12.1 Å². The second-order valence-corrected chi connectivity index (χ2v) is 6.57. The van der Waals surface area contributed by atoms with Gasteiger partial charge in [-0.1, -0.05) is 48.5 Å². The Morgan fingerprint density at radius 1 is 0.957 bits per heavy atom. The van der Waals surface area contributed by atoms with Crippen LogP contribution < -0.4 is 0 Å². The molecule has 7 nitrogen and oxygen atoms in total. The van der Waals surface area contributed by atoms with Crippen molar-refractivity contribution < 1.29 is 12.7 Å². The van der Waals surface area contributed by atoms with Crippen LogP contribution in [-0.4, -0.2) is 32.0 Å². The molecule has 0 saturated heterocycles. The first-order valence-electron chi connectivity index (χ1n) is 6.87. The zero-order chi connectivity index (χ0) is 16.7. The maximum Gasteiger partial charge on any atom is 0.360 e. The fourth-order valence-electron chi connectivity index (χ4n) is 1.58. The summed E-state index contributed by atoms with van der Waals surface area (Å²) in [5.41, 5.74) is 1.44. The lowest BCUT2D eigenvalue weighted by Gasteiger charge is -2.18. The van der Waals surface area contributed by atoms with Crippen LogP contribution in [-0.2, 0) is 21.1 Å². The molecule has 2 aromatic carbocycles. The molecule has 0 atom stereocenters. The molecule has 122 valence electrons. The van der Waals surface area contributed by atoms with Gasteiger partial charge in [-0.3, -0.25) is 0 Å². The van der Waals surface area contributed by atoms with E-state index in [9.17, 15) is 8.42 Å². The lowest BCUT2D eigenvalue weighted by molar-refractivity contribution is -0.0717. The summed E-state index contributed by atoms with van der Waals surface area (Å²) < 4.78 is 29.8. The number of hydrogen-bond donors (Lipinski definition) is 0. The van der Waals surface area contributed by atoms with Crippen molar-refractivity contribution in [2.45, 2.75) is 6.54 Å². The number of hydroxylamine groups is 1. The highest BCUT2D eigenvalue weighted by molar-refractivity contribution is 7.84. The minimum atomic E-state index is -3.92. The van der Waals surface area contributed by atoms with Crippen LogP contribution >= 0.6 is 0 Å². The molecule has 8 heteroatoms. The molecule has 0 spiro atoms. The maximum atomic E-state index is 11.9. The molecule has 0 aromatic heterocycles. The SMILES string of the molecule is CN(C)S(=O)(=O)ON(Cc1ccccc1)N=Nc1ccccc1. The van der Waals surface area contributed by atoms with Gasteiger partial charge in [0, 0.05) is 14.1 Å². The summed E-state index contributed by atoms with van der Waals surface area (Å²) in [5.74, 6) is 0. The molecule has 0 unspecified atom stereocenters. The fraction of sp³-hybridized carbons (Fsp3) is 0.200. The van der Waals surface area contributed by atoms with Gasteiger partial charge >= 0.3 is 10.3 Å². The topological polar surface area (TPSA) is 74.6 Å². The third-order valence-electron chi connectivity index (χ3n) is 2.80. The van der Waals surface area contributed by atoms with Gasteiger partial charge in [-0.05, 0) is 22.9 Å². The monoisotopic (exact) mass is 334 g/mol. The highest BCUT2D eigenvalue weighted by Gasteiger charge is 2.20. The Hall–Kier alpha value is -2.29. The molecule has 0 radical (unpaired) electrons. The second-order valence-electron chi connectivity index (χ2n) is 4.84. The van der Waals surface area contributed by atoms with Gasteiger partial charge in [0.2, 0.25) is 0 Å². The first-order valence-corrected chi connectivity index (χ1v) is 8.24. The van der Waals surface area contributed by atoms with Crippen molar-refractivity contribution in [2.75, 3.05) is 14.1 Å². The van der Waals surface area contributed by atoms with Gasteiger partial charge in [-0.2, -0.15) is 12.7 Å². The number of nitrogens with zero attached hydrogens (tertiary/aromatic N) is 4. The molecule has 0 aliphatic carbocycles. The lowest BCUT2D eigenvalue weighted by atomic mass is 10.2. The molecular weight excluding hydrogens is 316 g/mol. The van der Waals surface area contributed by atoms with Crippen molar-refractivity contribution in [1.29, 1.82) is 0 Å². The lowest BCUT2D eigenvalue weighted by Crippen LogP contribution is -2.31. The number of benzene rings is 2. The van der Waals surface area contributed by atoms with Crippen LogP contribution in [0.25, 0.3) is 0 Å². The smallest absolute Gasteiger partial charge is 0.183 e. The van der Waals surface area contributed by atoms with Crippen molar-refractivity contribution in [3.8, 4) is 0 Å². The molecule has 2 rings (SSSR count). The van der Waals surface area contributed by atoms with Crippen molar-refractivity contribution in [3.63, 3.8) is 0 Å². The van der Waals surface area contributed by atoms with Crippen LogP contribution in [0.5, 0.6) is 0 Å². The second kappa shape index (κ2) is 7.82. The third kappa shape index (κ3) is 5.44. The van der Waals surface area contributed by atoms with E-state index in [1.165, 1.54) is 14.1 Å². The molecule has 0 bridgehead atoms. The van der Waals surface area contributed by atoms with E-state index in [0.29, 0.717) is 5.69 Å². The summed E-state index contributed by atoms with van der Waals surface area (Å²) in [6.45, 7) is 0.143. The van der Waals surface area contributed by atoms with Crippen molar-refractivity contribution in [1.82, 2.24) is 9.48 Å². The fourth-order valence-corrected chi connectivity index (χ4v) is 2.02. The van der Waals surface area contributed by atoms with Crippen molar-refractivity contribution in [3.05, 3.63) is 66.2 Å². The maximum absolute atomic E-state index is 11.9. The van der Waals surface area contributed by atoms with Crippen molar-refractivity contribution >= 4 is 16.0 Å². The Labute approximate surface area is 136 Å². The summed E-state index contributed by atoms with van der Waals surface area (Å²) in [7, 11) is -1.16. The highest BCUT2D eigenvalue weighted by atomic mass is 32.2. The molecule has 0 aliphatic heterocycles. The zero-order valence-electron chi connectivity index (χ0n) is 12.9. The van der Waals surface area contributed by atoms with Crippen molar-refractivity contribution in [2.24, 2.45) is 10.3 Å². The molecule has 0 N–H and O–H groups in total. The predicted octanol–water partition coefficient (Wildman–Crippen LogP) is 2.93. The molecule has 0 fully saturated rings. The third-order valence-corrected chi connectivity index (χ3v) is 4.06. The molecule has 0 saturated carbocycles. The van der Waals surface area contributed by atoms with E-state index in [4.69, 9.17) is 4.28 Å². The van der Waals surface area contributed by atoms with Crippen LogP contribution in [0.1, 0.15) is 5.56 Å². The summed E-state index contributed by atoms with van der Waals surface area (Å²) >= 11 is 0. The quantitative estimate of drug-likeness (QED) is 0.576. The summed E-state index contributed by atoms with van der Waals surface area (Å²) in [6, 6.07) is 18.2. The van der Waals surface area contributed by atoms with E-state index >= 15 is 0 Å². The minimum absolute atomic E-state index is 0.143. The molecular formula is C15H18N4O3S. The molecule has 23 heavy (non-hydrogen) atoms. The average molecular weight is 334 g/mol. The first-order chi connectivity index (χ1) is 11.0. The van der Waals surface area contributed by atoms with Crippen LogP contribution in [0.4, 0.5) is 5.69 Å². The Morgan fingerprint density at radius 2 is 1.52 bits per heavy atom. The van der Waals surface area contributed by atoms with Gasteiger partial charge in [0.05, 0.1) is 12.2 Å². The summed E-state index contributed by atoms with van der Waals surface area (Å²) in [6.07, 6.45) is 0. The number of rotatable bonds is 7. The molecule has 0 amide bonds. The summed E-state index contributed by atoms with van der Waals surface area (Å²) in [4.78, 5) is 0. The molecule has 0 heterocycles. The van der Waals surface area contributed by atoms with Crippen LogP contribution in [0.3, 0.4) is 0 Å². The molecule has 2 aromatic rings. The standard InChI is InChI=1S/C15H18N4O3S/c1-18(2)23(20,21)22-19(13-14-9-5-3-6-10-14)17-16-15-11-7-4-8-12-15/h3-12H,13H2,1-2H3. The summed E-state index contributed by atoms with van der Waals surface area (Å²) in [5, 5.41) is 8.82. The van der Waals surface area contributed by atoms with E-state index in [2.05, 4.69) is 10.3 Å². The normalized spacial score (nSPS) is 12.0. The first kappa shape index (κ1) is 17.1. The van der Waals surface area contributed by atoms with Gasteiger partial charge < -0.3 is 0 Å². The van der Waals surface area contributed by atoms with Gasteiger partial charge in [0.1, 0.15) is 0 Å². The Balaban J connectivity index is 2.19.